The van der Waals surface area contributed by atoms with Crippen molar-refractivity contribution in [1.82, 2.24) is 39.8 Å². The summed E-state index contributed by atoms with van der Waals surface area (Å²) in [5.41, 5.74) is 2.46. The van der Waals surface area contributed by atoms with Gasteiger partial charge in [0, 0.05) is 43.1 Å². The Morgan fingerprint density at radius 1 is 1.21 bits per heavy atom. The topological polar surface area (TPSA) is 114 Å². The summed E-state index contributed by atoms with van der Waals surface area (Å²) in [6.45, 7) is 10.4. The highest BCUT2D eigenvalue weighted by atomic mass is 35.5. The number of ether oxygens (including phenoxy) is 1. The van der Waals surface area contributed by atoms with Gasteiger partial charge in [-0.15, -0.1) is 10.2 Å². The van der Waals surface area contributed by atoms with E-state index in [1.54, 1.807) is 33.7 Å². The third-order valence-electron chi connectivity index (χ3n) is 7.16. The maximum Gasteiger partial charge on any atom is 0.257 e. The number of carbonyl (C=O) groups is 1. The van der Waals surface area contributed by atoms with Crippen molar-refractivity contribution >= 4 is 23.6 Å². The number of halogens is 1. The number of likely N-dealkylation sites (tertiary alicyclic amines) is 1. The number of aliphatic hydroxyl groups is 1. The molecule has 1 N–H and O–H groups in total. The molecule has 2 saturated heterocycles. The maximum absolute atomic E-state index is 12.7. The highest BCUT2D eigenvalue weighted by Gasteiger charge is 2.33. The van der Waals surface area contributed by atoms with Crippen LogP contribution in [0.5, 0.6) is 0 Å². The summed E-state index contributed by atoms with van der Waals surface area (Å²) < 4.78 is 7.00. The molecule has 4 heterocycles. The molecule has 0 spiro atoms. The highest BCUT2D eigenvalue weighted by molar-refractivity contribution is 6.30. The van der Waals surface area contributed by atoms with Crippen molar-refractivity contribution in [3.8, 4) is 0 Å². The predicted octanol–water partition coefficient (Wildman–Crippen LogP) is 2.41. The lowest BCUT2D eigenvalue weighted by Crippen LogP contribution is -2.46. The number of amides is 1. The number of rotatable bonds is 8. The Balaban J connectivity index is 1.16. The molecule has 12 heteroatoms. The van der Waals surface area contributed by atoms with Crippen LogP contribution in [0.2, 0.25) is 5.02 Å². The Hall–Kier alpha value is -3.54. The van der Waals surface area contributed by atoms with E-state index in [2.05, 4.69) is 32.0 Å². The van der Waals surface area contributed by atoms with E-state index in [9.17, 15) is 9.90 Å². The zero-order chi connectivity index (χ0) is 27.4. The largest absolute Gasteiger partial charge is 0.388 e. The summed E-state index contributed by atoms with van der Waals surface area (Å²) in [5, 5.41) is 28.5. The van der Waals surface area contributed by atoms with Crippen LogP contribution in [0.3, 0.4) is 0 Å². The molecule has 2 aliphatic heterocycles. The first-order chi connectivity index (χ1) is 18.8. The molecular formula is C27H33ClN8O3. The van der Waals surface area contributed by atoms with Gasteiger partial charge in [0.2, 0.25) is 0 Å². The summed E-state index contributed by atoms with van der Waals surface area (Å²) in [6.07, 6.45) is 8.42. The van der Waals surface area contributed by atoms with E-state index in [0.29, 0.717) is 81.7 Å². The van der Waals surface area contributed by atoms with Gasteiger partial charge in [-0.1, -0.05) is 30.3 Å². The van der Waals surface area contributed by atoms with Crippen LogP contribution in [0.4, 0.5) is 0 Å². The van der Waals surface area contributed by atoms with Crippen LogP contribution < -0.4 is 0 Å². The molecule has 2 aliphatic rings. The Kier molecular flexibility index (Phi) is 8.10. The summed E-state index contributed by atoms with van der Waals surface area (Å²) in [4.78, 5) is 18.2. The molecule has 1 aromatic carbocycles. The molecular weight excluding hydrogens is 520 g/mol. The number of carbonyl (C=O) groups excluding carboxylic acids is 1. The van der Waals surface area contributed by atoms with E-state index in [4.69, 9.17) is 16.3 Å². The molecule has 0 bridgehead atoms. The number of hydrogen-bond acceptors (Lipinski definition) is 8. The van der Waals surface area contributed by atoms with Gasteiger partial charge >= 0.3 is 0 Å². The average molecular weight is 553 g/mol. The van der Waals surface area contributed by atoms with E-state index in [1.165, 1.54) is 0 Å². The van der Waals surface area contributed by atoms with Gasteiger partial charge in [-0.2, -0.15) is 9.90 Å². The lowest BCUT2D eigenvalue weighted by Gasteiger charge is -2.39. The molecule has 1 amide bonds. The van der Waals surface area contributed by atoms with Crippen LogP contribution in [-0.2, 0) is 17.8 Å². The molecule has 3 aromatic rings. The van der Waals surface area contributed by atoms with Crippen molar-refractivity contribution in [1.29, 1.82) is 0 Å². The fraction of sp³-hybridized carbons (Fsp3) is 0.444. The number of allylic oxidation sites excluding steroid dienone is 1. The Morgan fingerprint density at radius 3 is 2.69 bits per heavy atom. The minimum atomic E-state index is -0.905. The fourth-order valence-electron chi connectivity index (χ4n) is 4.89. The first-order valence-electron chi connectivity index (χ1n) is 13.0. The summed E-state index contributed by atoms with van der Waals surface area (Å²) >= 11 is 6.24. The van der Waals surface area contributed by atoms with Gasteiger partial charge < -0.3 is 19.6 Å². The van der Waals surface area contributed by atoms with E-state index in [1.807, 2.05) is 30.4 Å². The standard InChI is InChI=1S/C27H33ClN8O3/c1-20(3-4-22-5-6-25(28)15-23(22)18-36-31-21(2)30-32-36)33-9-7-27(38,8-10-33)19-35-17-24(16-29-35)26(37)34-11-13-39-14-12-34/h3-6,15-17,38H,1,7-14,18-19H2,2H3/b4-3+. The highest BCUT2D eigenvalue weighted by Crippen LogP contribution is 2.27. The van der Waals surface area contributed by atoms with Crippen molar-refractivity contribution in [2.45, 2.75) is 38.5 Å². The zero-order valence-electron chi connectivity index (χ0n) is 22.0. The number of piperidine rings is 1. The molecule has 11 nitrogen and oxygen atoms in total. The molecule has 2 fully saturated rings. The van der Waals surface area contributed by atoms with Crippen LogP contribution >= 0.6 is 11.6 Å². The molecule has 0 atom stereocenters. The van der Waals surface area contributed by atoms with E-state index in [0.717, 1.165) is 16.8 Å². The van der Waals surface area contributed by atoms with Crippen molar-refractivity contribution in [3.63, 3.8) is 0 Å². The van der Waals surface area contributed by atoms with Crippen LogP contribution in [-0.4, -0.2) is 95.8 Å². The minimum absolute atomic E-state index is 0.0500. The molecule has 2 aromatic heterocycles. The number of hydrogen-bond donors (Lipinski definition) is 1. The van der Waals surface area contributed by atoms with Gasteiger partial charge in [0.05, 0.1) is 43.7 Å². The average Bonchev–Trinajstić information content (AvgIpc) is 3.56. The molecule has 5 rings (SSSR count). The van der Waals surface area contributed by atoms with Crippen LogP contribution in [0.25, 0.3) is 6.08 Å². The SMILES string of the molecule is C=C(/C=C/c1ccc(Cl)cc1Cn1nnc(C)n1)N1CCC(O)(Cn2cc(C(=O)N3CCOCC3)cn2)CC1. The Morgan fingerprint density at radius 2 is 1.97 bits per heavy atom. The van der Waals surface area contributed by atoms with Crippen molar-refractivity contribution in [3.05, 3.63) is 76.5 Å². The molecule has 39 heavy (non-hydrogen) atoms. The molecule has 0 radical (unpaired) electrons. The van der Waals surface area contributed by atoms with Gasteiger partial charge in [-0.3, -0.25) is 9.48 Å². The number of aromatic nitrogens is 6. The van der Waals surface area contributed by atoms with E-state index < -0.39 is 5.60 Å². The first kappa shape index (κ1) is 27.0. The van der Waals surface area contributed by atoms with Crippen LogP contribution in [0.1, 0.15) is 40.2 Å². The van der Waals surface area contributed by atoms with Crippen molar-refractivity contribution < 1.29 is 14.6 Å². The summed E-state index contributed by atoms with van der Waals surface area (Å²) in [6, 6.07) is 5.71. The Bertz CT molecular complexity index is 1350. The second-order valence-electron chi connectivity index (χ2n) is 10.1. The molecule has 0 unspecified atom stereocenters. The first-order valence-corrected chi connectivity index (χ1v) is 13.4. The molecule has 0 saturated carbocycles. The number of benzene rings is 1. The van der Waals surface area contributed by atoms with E-state index in [-0.39, 0.29) is 5.91 Å². The fourth-order valence-corrected chi connectivity index (χ4v) is 5.08. The van der Waals surface area contributed by atoms with Crippen LogP contribution in [0.15, 0.2) is 48.9 Å². The van der Waals surface area contributed by atoms with Gasteiger partial charge in [-0.25, -0.2) is 0 Å². The third-order valence-corrected chi connectivity index (χ3v) is 7.40. The lowest BCUT2D eigenvalue weighted by atomic mass is 9.91. The predicted molar refractivity (Wildman–Crippen MR) is 146 cm³/mol. The monoisotopic (exact) mass is 552 g/mol. The summed E-state index contributed by atoms with van der Waals surface area (Å²) in [7, 11) is 0. The van der Waals surface area contributed by atoms with Gasteiger partial charge in [0.1, 0.15) is 0 Å². The number of aryl methyl sites for hydroxylation is 1. The Labute approximate surface area is 232 Å². The lowest BCUT2D eigenvalue weighted by molar-refractivity contribution is -0.0292. The van der Waals surface area contributed by atoms with Crippen molar-refractivity contribution in [2.75, 3.05) is 39.4 Å². The van der Waals surface area contributed by atoms with E-state index >= 15 is 0 Å². The van der Waals surface area contributed by atoms with Gasteiger partial charge in [-0.05, 0) is 54.3 Å². The number of morpholine rings is 1. The second-order valence-corrected chi connectivity index (χ2v) is 10.5. The molecule has 0 aliphatic carbocycles. The van der Waals surface area contributed by atoms with Gasteiger partial charge in [0.25, 0.3) is 5.91 Å². The maximum atomic E-state index is 12.7. The smallest absolute Gasteiger partial charge is 0.257 e. The number of tetrazole rings is 1. The normalized spacial score (nSPS) is 17.6. The molecule has 206 valence electrons. The van der Waals surface area contributed by atoms with Crippen LogP contribution in [0, 0.1) is 6.92 Å². The second kappa shape index (κ2) is 11.7. The summed E-state index contributed by atoms with van der Waals surface area (Å²) in [5.74, 6) is 0.563. The quantitative estimate of drug-likeness (QED) is 0.424. The third kappa shape index (κ3) is 6.73. The van der Waals surface area contributed by atoms with Gasteiger partial charge in [0.15, 0.2) is 5.82 Å². The minimum Gasteiger partial charge on any atom is -0.388 e. The zero-order valence-corrected chi connectivity index (χ0v) is 22.8. The van der Waals surface area contributed by atoms with Crippen molar-refractivity contribution in [2.24, 2.45) is 0 Å². The number of nitrogens with zero attached hydrogens (tertiary/aromatic N) is 8.